The van der Waals surface area contributed by atoms with Crippen molar-refractivity contribution in [2.75, 3.05) is 35.5 Å². The average Bonchev–Trinajstić information content (AvgIpc) is 3.84. The molecule has 0 aliphatic carbocycles. The minimum Gasteiger partial charge on any atom is -0.497 e. The fourth-order valence-electron chi connectivity index (χ4n) is 4.25. The van der Waals surface area contributed by atoms with Crippen molar-refractivity contribution < 1.29 is 19.1 Å². The lowest BCUT2D eigenvalue weighted by atomic mass is 10.2. The number of hydrogen-bond donors (Lipinski definition) is 4. The predicted molar refractivity (Wildman–Crippen MR) is 190 cm³/mol. The molecule has 2 heterocycles. The van der Waals surface area contributed by atoms with Gasteiger partial charge in [0.05, 0.1) is 46.7 Å². The Morgan fingerprint density at radius 2 is 0.848 bits per heavy atom. The Balaban J connectivity index is 0.000000181. The van der Waals surface area contributed by atoms with Gasteiger partial charge in [0.25, 0.3) is 11.8 Å². The number of methoxy groups -OCH3 is 2. The van der Waals surface area contributed by atoms with Crippen LogP contribution in [0.4, 0.5) is 34.1 Å². The lowest BCUT2D eigenvalue weighted by Gasteiger charge is -2.13. The van der Waals surface area contributed by atoms with Crippen molar-refractivity contribution in [2.24, 2.45) is 0 Å². The van der Waals surface area contributed by atoms with Crippen LogP contribution in [0.15, 0.2) is 132 Å². The highest BCUT2D eigenvalue weighted by Gasteiger charge is 2.11. The maximum absolute atomic E-state index is 12.2. The third kappa shape index (κ3) is 8.75. The second-order valence-corrected chi connectivity index (χ2v) is 11.6. The van der Waals surface area contributed by atoms with Crippen LogP contribution >= 0.6 is 22.7 Å². The monoisotopic (exact) mass is 648 g/mol. The Morgan fingerprint density at radius 3 is 1.17 bits per heavy atom. The zero-order chi connectivity index (χ0) is 32.1. The van der Waals surface area contributed by atoms with Gasteiger partial charge in [0.1, 0.15) is 11.5 Å². The number of amides is 2. The van der Waals surface area contributed by atoms with Gasteiger partial charge in [-0.1, -0.05) is 36.4 Å². The Morgan fingerprint density at radius 1 is 0.478 bits per heavy atom. The molecule has 0 saturated carbocycles. The van der Waals surface area contributed by atoms with Crippen molar-refractivity contribution in [1.29, 1.82) is 0 Å². The molecule has 0 radical (unpaired) electrons. The number of benzene rings is 4. The molecular weight excluding hydrogens is 617 g/mol. The Bertz CT molecular complexity index is 1700. The summed E-state index contributed by atoms with van der Waals surface area (Å²) in [5, 5.41) is 16.3. The first-order chi connectivity index (χ1) is 22.5. The van der Waals surface area contributed by atoms with Gasteiger partial charge in [-0.15, -0.1) is 22.7 Å². The second-order valence-electron chi connectivity index (χ2n) is 9.66. The summed E-state index contributed by atoms with van der Waals surface area (Å²) in [6.07, 6.45) is 0. The SMILES string of the molecule is COc1ccc(Nc2ccccc2NC(=O)c2cccs2)cc1.COc1ccc(Nc2ccccc2NC(=O)c2cccs2)cc1. The maximum Gasteiger partial charge on any atom is 0.265 e. The lowest BCUT2D eigenvalue weighted by Crippen LogP contribution is -2.11. The number of ether oxygens (including phenoxy) is 2. The summed E-state index contributed by atoms with van der Waals surface area (Å²) < 4.78 is 10.3. The van der Waals surface area contributed by atoms with E-state index < -0.39 is 0 Å². The van der Waals surface area contributed by atoms with Crippen molar-refractivity contribution in [3.8, 4) is 11.5 Å². The molecule has 0 aliphatic rings. The Kier molecular flexibility index (Phi) is 11.0. The number of rotatable bonds is 10. The van der Waals surface area contributed by atoms with E-state index in [-0.39, 0.29) is 11.8 Å². The van der Waals surface area contributed by atoms with E-state index in [0.29, 0.717) is 9.75 Å². The Hall–Kier alpha value is -5.58. The summed E-state index contributed by atoms with van der Waals surface area (Å²) >= 11 is 2.84. The zero-order valence-electron chi connectivity index (χ0n) is 25.2. The van der Waals surface area contributed by atoms with Crippen molar-refractivity contribution in [3.63, 3.8) is 0 Å². The average molecular weight is 649 g/mol. The highest BCUT2D eigenvalue weighted by atomic mass is 32.1. The summed E-state index contributed by atoms with van der Waals surface area (Å²) in [5.41, 5.74) is 4.99. The molecule has 2 amide bonds. The van der Waals surface area contributed by atoms with E-state index in [0.717, 1.165) is 45.6 Å². The number of anilines is 6. The summed E-state index contributed by atoms with van der Waals surface area (Å²) in [6.45, 7) is 0. The lowest BCUT2D eigenvalue weighted by molar-refractivity contribution is 0.102. The molecule has 6 aromatic rings. The van der Waals surface area contributed by atoms with Crippen LogP contribution in [0.25, 0.3) is 0 Å². The van der Waals surface area contributed by atoms with E-state index in [1.54, 1.807) is 26.4 Å². The molecule has 2 aromatic heterocycles. The quantitative estimate of drug-likeness (QED) is 0.118. The first-order valence-corrected chi connectivity index (χ1v) is 16.0. The van der Waals surface area contributed by atoms with Crippen LogP contribution in [-0.2, 0) is 0 Å². The minimum absolute atomic E-state index is 0.107. The third-order valence-electron chi connectivity index (χ3n) is 6.58. The minimum atomic E-state index is -0.107. The predicted octanol–water partition coefficient (Wildman–Crippen LogP) is 9.51. The summed E-state index contributed by atoms with van der Waals surface area (Å²) in [5.74, 6) is 1.39. The third-order valence-corrected chi connectivity index (χ3v) is 8.32. The van der Waals surface area contributed by atoms with Crippen LogP contribution in [-0.4, -0.2) is 26.0 Å². The van der Waals surface area contributed by atoms with Gasteiger partial charge in [-0.2, -0.15) is 0 Å². The van der Waals surface area contributed by atoms with E-state index in [4.69, 9.17) is 9.47 Å². The first kappa shape index (κ1) is 31.8. The molecule has 4 N–H and O–H groups in total. The number of carbonyl (C=O) groups excluding carboxylic acids is 2. The highest BCUT2D eigenvalue weighted by Crippen LogP contribution is 2.28. The molecule has 0 bridgehead atoms. The van der Waals surface area contributed by atoms with Crippen molar-refractivity contribution in [3.05, 3.63) is 142 Å². The van der Waals surface area contributed by atoms with E-state index in [2.05, 4.69) is 21.3 Å². The van der Waals surface area contributed by atoms with E-state index in [9.17, 15) is 9.59 Å². The molecule has 0 saturated heterocycles. The van der Waals surface area contributed by atoms with Gasteiger partial charge >= 0.3 is 0 Å². The molecule has 10 heteroatoms. The molecular formula is C36H32N4O4S2. The molecule has 0 fully saturated rings. The van der Waals surface area contributed by atoms with Gasteiger partial charge in [-0.3, -0.25) is 9.59 Å². The molecule has 0 aliphatic heterocycles. The van der Waals surface area contributed by atoms with Gasteiger partial charge in [-0.05, 0) is 95.7 Å². The van der Waals surface area contributed by atoms with E-state index in [1.165, 1.54) is 22.7 Å². The van der Waals surface area contributed by atoms with Crippen LogP contribution < -0.4 is 30.7 Å². The molecule has 0 atom stereocenters. The molecule has 6 rings (SSSR count). The van der Waals surface area contributed by atoms with Gasteiger partial charge in [0.15, 0.2) is 0 Å². The van der Waals surface area contributed by atoms with Crippen LogP contribution in [0.3, 0.4) is 0 Å². The van der Waals surface area contributed by atoms with Gasteiger partial charge in [-0.25, -0.2) is 0 Å². The summed E-state index contributed by atoms with van der Waals surface area (Å²) in [6, 6.07) is 37.8. The number of thiophene rings is 2. The van der Waals surface area contributed by atoms with E-state index in [1.807, 2.05) is 120 Å². The van der Waals surface area contributed by atoms with Crippen molar-refractivity contribution in [1.82, 2.24) is 0 Å². The topological polar surface area (TPSA) is 101 Å². The molecule has 4 aromatic carbocycles. The smallest absolute Gasteiger partial charge is 0.265 e. The zero-order valence-corrected chi connectivity index (χ0v) is 26.8. The Labute approximate surface area is 275 Å². The summed E-state index contributed by atoms with van der Waals surface area (Å²) in [7, 11) is 3.27. The number of para-hydroxylation sites is 4. The van der Waals surface area contributed by atoms with Crippen LogP contribution in [0.5, 0.6) is 11.5 Å². The van der Waals surface area contributed by atoms with Gasteiger partial charge < -0.3 is 30.7 Å². The number of nitrogens with one attached hydrogen (secondary N) is 4. The molecule has 46 heavy (non-hydrogen) atoms. The van der Waals surface area contributed by atoms with Gasteiger partial charge in [0.2, 0.25) is 0 Å². The standard InChI is InChI=1S/2C18H16N2O2S/c2*1-22-14-10-8-13(9-11-14)19-15-5-2-3-6-16(15)20-18(21)17-7-4-12-23-17/h2*2-12,19H,1H3,(H,20,21). The molecule has 0 spiro atoms. The molecule has 0 unspecified atom stereocenters. The number of hydrogen-bond acceptors (Lipinski definition) is 8. The van der Waals surface area contributed by atoms with Crippen LogP contribution in [0, 0.1) is 0 Å². The summed E-state index contributed by atoms with van der Waals surface area (Å²) in [4.78, 5) is 25.8. The first-order valence-electron chi connectivity index (χ1n) is 14.2. The molecule has 232 valence electrons. The normalized spacial score (nSPS) is 10.1. The van der Waals surface area contributed by atoms with Crippen molar-refractivity contribution >= 4 is 68.6 Å². The largest absolute Gasteiger partial charge is 0.497 e. The van der Waals surface area contributed by atoms with Crippen LogP contribution in [0.1, 0.15) is 19.3 Å². The maximum atomic E-state index is 12.2. The highest BCUT2D eigenvalue weighted by molar-refractivity contribution is 7.12. The van der Waals surface area contributed by atoms with E-state index >= 15 is 0 Å². The fourth-order valence-corrected chi connectivity index (χ4v) is 5.48. The molecule has 8 nitrogen and oxygen atoms in total. The van der Waals surface area contributed by atoms with Gasteiger partial charge in [0, 0.05) is 11.4 Å². The van der Waals surface area contributed by atoms with Crippen molar-refractivity contribution in [2.45, 2.75) is 0 Å². The fraction of sp³-hybridized carbons (Fsp3) is 0.0556. The van der Waals surface area contributed by atoms with Crippen LogP contribution in [0.2, 0.25) is 0 Å². The second kappa shape index (κ2) is 15.9. The number of carbonyl (C=O) groups is 2.